The molecule has 18 heavy (non-hydrogen) atoms. The van der Waals surface area contributed by atoms with Gasteiger partial charge in [-0.15, -0.1) is 0 Å². The largest absolute Gasteiger partial charge is 0.490 e. The SMILES string of the molecule is CC(C)(C)OCCOc1ccc(CCN)cc1Cl. The zero-order chi connectivity index (χ0) is 13.6. The Labute approximate surface area is 114 Å². The summed E-state index contributed by atoms with van der Waals surface area (Å²) in [6.45, 7) is 7.71. The summed E-state index contributed by atoms with van der Waals surface area (Å²) < 4.78 is 11.1. The Hall–Kier alpha value is -0.770. The average molecular weight is 272 g/mol. The van der Waals surface area contributed by atoms with E-state index in [0.717, 1.165) is 12.0 Å². The molecule has 4 heteroatoms. The van der Waals surface area contributed by atoms with Gasteiger partial charge in [0.1, 0.15) is 12.4 Å². The highest BCUT2D eigenvalue weighted by molar-refractivity contribution is 6.32. The summed E-state index contributed by atoms with van der Waals surface area (Å²) in [6, 6.07) is 5.76. The molecule has 0 aromatic heterocycles. The molecule has 0 aliphatic rings. The van der Waals surface area contributed by atoms with Gasteiger partial charge in [0, 0.05) is 0 Å². The van der Waals surface area contributed by atoms with Gasteiger partial charge >= 0.3 is 0 Å². The number of benzene rings is 1. The van der Waals surface area contributed by atoms with Gasteiger partial charge in [-0.25, -0.2) is 0 Å². The van der Waals surface area contributed by atoms with Crippen LogP contribution in [0.25, 0.3) is 0 Å². The van der Waals surface area contributed by atoms with Gasteiger partial charge in [0.2, 0.25) is 0 Å². The fourth-order valence-electron chi connectivity index (χ4n) is 1.48. The second-order valence-electron chi connectivity index (χ2n) is 5.11. The minimum absolute atomic E-state index is 0.141. The van der Waals surface area contributed by atoms with Crippen molar-refractivity contribution in [2.24, 2.45) is 5.73 Å². The topological polar surface area (TPSA) is 44.5 Å². The number of ether oxygens (including phenoxy) is 2. The van der Waals surface area contributed by atoms with Gasteiger partial charge in [-0.3, -0.25) is 0 Å². The van der Waals surface area contributed by atoms with E-state index in [0.29, 0.717) is 30.5 Å². The lowest BCUT2D eigenvalue weighted by molar-refractivity contribution is -0.0162. The molecule has 0 unspecified atom stereocenters. The van der Waals surface area contributed by atoms with Crippen LogP contribution in [0.3, 0.4) is 0 Å². The summed E-state index contributed by atoms with van der Waals surface area (Å²) in [6.07, 6.45) is 0.827. The van der Waals surface area contributed by atoms with Crippen molar-refractivity contribution in [1.29, 1.82) is 0 Å². The molecule has 0 saturated carbocycles. The van der Waals surface area contributed by atoms with Crippen LogP contribution in [0.2, 0.25) is 5.02 Å². The van der Waals surface area contributed by atoms with E-state index >= 15 is 0 Å². The van der Waals surface area contributed by atoms with E-state index in [1.54, 1.807) is 0 Å². The molecule has 0 amide bonds. The van der Waals surface area contributed by atoms with E-state index in [1.165, 1.54) is 0 Å². The smallest absolute Gasteiger partial charge is 0.138 e. The van der Waals surface area contributed by atoms with Crippen molar-refractivity contribution in [2.45, 2.75) is 32.8 Å². The lowest BCUT2D eigenvalue weighted by Crippen LogP contribution is -2.22. The highest BCUT2D eigenvalue weighted by Gasteiger charge is 2.09. The number of nitrogens with two attached hydrogens (primary N) is 1. The Bertz CT molecular complexity index is 375. The molecule has 3 nitrogen and oxygen atoms in total. The summed E-state index contributed by atoms with van der Waals surface area (Å²) in [5.41, 5.74) is 6.48. The molecular formula is C14H22ClNO2. The van der Waals surface area contributed by atoms with E-state index in [1.807, 2.05) is 39.0 Å². The lowest BCUT2D eigenvalue weighted by atomic mass is 10.1. The molecule has 2 N–H and O–H groups in total. The molecule has 1 rings (SSSR count). The first-order valence-electron chi connectivity index (χ1n) is 6.17. The van der Waals surface area contributed by atoms with E-state index in [2.05, 4.69) is 0 Å². The standard InChI is InChI=1S/C14H22ClNO2/c1-14(2,3)18-9-8-17-13-5-4-11(6-7-16)10-12(13)15/h4-5,10H,6-9,16H2,1-3H3. The van der Waals surface area contributed by atoms with Crippen molar-refractivity contribution in [3.05, 3.63) is 28.8 Å². The number of rotatable bonds is 6. The van der Waals surface area contributed by atoms with Crippen molar-refractivity contribution in [3.8, 4) is 5.75 Å². The van der Waals surface area contributed by atoms with E-state index in [4.69, 9.17) is 26.8 Å². The molecule has 0 aliphatic carbocycles. The highest BCUT2D eigenvalue weighted by atomic mass is 35.5. The van der Waals surface area contributed by atoms with Crippen LogP contribution in [0, 0.1) is 0 Å². The van der Waals surface area contributed by atoms with E-state index < -0.39 is 0 Å². The minimum atomic E-state index is -0.141. The summed E-state index contributed by atoms with van der Waals surface area (Å²) in [5.74, 6) is 0.690. The van der Waals surface area contributed by atoms with Crippen LogP contribution >= 0.6 is 11.6 Å². The molecule has 102 valence electrons. The third-order valence-corrected chi connectivity index (χ3v) is 2.60. The zero-order valence-electron chi connectivity index (χ0n) is 11.3. The molecule has 1 aromatic carbocycles. The summed E-state index contributed by atoms with van der Waals surface area (Å²) >= 11 is 6.13. The number of hydrogen-bond acceptors (Lipinski definition) is 3. The number of halogens is 1. The molecule has 0 atom stereocenters. The van der Waals surface area contributed by atoms with Crippen LogP contribution in [0.5, 0.6) is 5.75 Å². The summed E-state index contributed by atoms with van der Waals surface area (Å²) in [4.78, 5) is 0. The zero-order valence-corrected chi connectivity index (χ0v) is 12.1. The quantitative estimate of drug-likeness (QED) is 0.809. The van der Waals surface area contributed by atoms with Crippen LogP contribution in [-0.4, -0.2) is 25.4 Å². The highest BCUT2D eigenvalue weighted by Crippen LogP contribution is 2.25. The molecule has 0 spiro atoms. The molecule has 0 radical (unpaired) electrons. The molecular weight excluding hydrogens is 250 g/mol. The van der Waals surface area contributed by atoms with Crippen molar-refractivity contribution in [2.75, 3.05) is 19.8 Å². The first kappa shape index (κ1) is 15.3. The monoisotopic (exact) mass is 271 g/mol. The second kappa shape index (κ2) is 6.98. The van der Waals surface area contributed by atoms with Crippen LogP contribution in [0.15, 0.2) is 18.2 Å². The third kappa shape index (κ3) is 5.71. The van der Waals surface area contributed by atoms with Gasteiger partial charge < -0.3 is 15.2 Å². The predicted molar refractivity (Wildman–Crippen MR) is 75.4 cm³/mol. The Morgan fingerprint density at radius 3 is 2.50 bits per heavy atom. The maximum Gasteiger partial charge on any atom is 0.138 e. The predicted octanol–water partition coefficient (Wildman–Crippen LogP) is 3.04. The Morgan fingerprint density at radius 1 is 1.22 bits per heavy atom. The van der Waals surface area contributed by atoms with E-state index in [9.17, 15) is 0 Å². The molecule has 1 aromatic rings. The fraction of sp³-hybridized carbons (Fsp3) is 0.571. The molecule has 0 bridgehead atoms. The van der Waals surface area contributed by atoms with Crippen molar-refractivity contribution in [1.82, 2.24) is 0 Å². The molecule has 0 saturated heterocycles. The van der Waals surface area contributed by atoms with Gasteiger partial charge in [-0.2, -0.15) is 0 Å². The summed E-state index contributed by atoms with van der Waals surface area (Å²) in [5, 5.41) is 0.622. The van der Waals surface area contributed by atoms with Crippen LogP contribution < -0.4 is 10.5 Å². The number of hydrogen-bond donors (Lipinski definition) is 1. The minimum Gasteiger partial charge on any atom is -0.490 e. The Kier molecular flexibility index (Phi) is 5.93. The summed E-state index contributed by atoms with van der Waals surface area (Å²) in [7, 11) is 0. The first-order chi connectivity index (χ1) is 8.42. The van der Waals surface area contributed by atoms with Gasteiger partial charge in [-0.05, 0) is 51.4 Å². The van der Waals surface area contributed by atoms with E-state index in [-0.39, 0.29) is 5.60 Å². The maximum absolute atomic E-state index is 6.13. The fourth-order valence-corrected chi connectivity index (χ4v) is 1.74. The lowest BCUT2D eigenvalue weighted by Gasteiger charge is -2.19. The van der Waals surface area contributed by atoms with Crippen LogP contribution in [0.1, 0.15) is 26.3 Å². The average Bonchev–Trinajstić information content (AvgIpc) is 2.26. The Morgan fingerprint density at radius 2 is 1.94 bits per heavy atom. The van der Waals surface area contributed by atoms with Gasteiger partial charge in [0.15, 0.2) is 0 Å². The van der Waals surface area contributed by atoms with Gasteiger partial charge in [0.25, 0.3) is 0 Å². The normalized spacial score (nSPS) is 11.6. The molecule has 0 heterocycles. The Balaban J connectivity index is 2.43. The van der Waals surface area contributed by atoms with Crippen molar-refractivity contribution >= 4 is 11.6 Å². The molecule has 0 aliphatic heterocycles. The van der Waals surface area contributed by atoms with Crippen molar-refractivity contribution < 1.29 is 9.47 Å². The maximum atomic E-state index is 6.13. The second-order valence-corrected chi connectivity index (χ2v) is 5.52. The third-order valence-electron chi connectivity index (χ3n) is 2.31. The molecule has 0 fully saturated rings. The first-order valence-corrected chi connectivity index (χ1v) is 6.55. The van der Waals surface area contributed by atoms with Gasteiger partial charge in [-0.1, -0.05) is 17.7 Å². The van der Waals surface area contributed by atoms with Gasteiger partial charge in [0.05, 0.1) is 17.2 Å². The van der Waals surface area contributed by atoms with Crippen molar-refractivity contribution in [3.63, 3.8) is 0 Å². The van der Waals surface area contributed by atoms with Crippen LogP contribution in [0.4, 0.5) is 0 Å². The van der Waals surface area contributed by atoms with Crippen LogP contribution in [-0.2, 0) is 11.2 Å².